The third kappa shape index (κ3) is 3.22. The summed E-state index contributed by atoms with van der Waals surface area (Å²) in [6.45, 7) is -0.735. The van der Waals surface area contributed by atoms with Crippen LogP contribution in [0.5, 0.6) is 0 Å². The Morgan fingerprint density at radius 1 is 1.19 bits per heavy atom. The van der Waals surface area contributed by atoms with Gasteiger partial charge in [0.2, 0.25) is 5.91 Å². The minimum absolute atomic E-state index is 0.0114. The molecule has 0 bridgehead atoms. The highest BCUT2D eigenvalue weighted by molar-refractivity contribution is 6.04. The van der Waals surface area contributed by atoms with E-state index < -0.39 is 31.0 Å². The first kappa shape index (κ1) is 20.5. The highest BCUT2D eigenvalue weighted by Crippen LogP contribution is 2.49. The van der Waals surface area contributed by atoms with Crippen molar-refractivity contribution in [3.8, 4) is 11.5 Å². The number of halogens is 5. The molecule has 3 N–H and O–H groups in total. The maximum Gasteiger partial charge on any atom is 0.453 e. The lowest BCUT2D eigenvalue weighted by Crippen LogP contribution is -2.37. The number of hydrogen-bond acceptors (Lipinski definition) is 6. The number of fused-ring (bicyclic) bond motifs is 2. The molecule has 1 fully saturated rings. The highest BCUT2D eigenvalue weighted by Gasteiger charge is 2.56. The molecule has 0 aromatic carbocycles. The molecule has 1 unspecified atom stereocenters. The predicted molar refractivity (Wildman–Crippen MR) is 103 cm³/mol. The van der Waals surface area contributed by atoms with Gasteiger partial charge in [0.05, 0.1) is 11.3 Å². The molecule has 0 spiro atoms. The zero-order valence-electron chi connectivity index (χ0n) is 16.3. The van der Waals surface area contributed by atoms with E-state index in [0.717, 1.165) is 17.5 Å². The second-order valence-corrected chi connectivity index (χ2v) is 7.90. The Kier molecular flexibility index (Phi) is 4.37. The SMILES string of the molecule is Nc1nc(-c2nn(CCC(F)(F)C(F)(F)F)c3ncccc23)nc2c1C(C1CC1)C(=O)N2. The molecule has 8 nitrogen and oxygen atoms in total. The van der Waals surface area contributed by atoms with Gasteiger partial charge in [-0.25, -0.2) is 19.6 Å². The van der Waals surface area contributed by atoms with Crippen molar-refractivity contribution in [3.05, 3.63) is 23.9 Å². The number of aromatic nitrogens is 5. The first-order chi connectivity index (χ1) is 15.1. The smallest absolute Gasteiger partial charge is 0.383 e. The van der Waals surface area contributed by atoms with E-state index in [4.69, 9.17) is 5.73 Å². The summed E-state index contributed by atoms with van der Waals surface area (Å²) in [6.07, 6.45) is -4.00. The number of nitrogens with one attached hydrogen (secondary N) is 1. The monoisotopic (exact) mass is 453 g/mol. The standard InChI is InChI=1S/C19H16F5N7O/c20-18(21,19(22,23)24)5-7-31-16-9(2-1-6-26-16)12(30-31)15-27-13(25)11-10(8-3-4-8)17(32)29-14(11)28-15/h1-2,6,8,10H,3-5,7H2,(H3,25,27,28,29,32). The van der Waals surface area contributed by atoms with Crippen LogP contribution < -0.4 is 11.1 Å². The van der Waals surface area contributed by atoms with Gasteiger partial charge >= 0.3 is 12.1 Å². The fourth-order valence-corrected chi connectivity index (χ4v) is 3.92. The second kappa shape index (κ2) is 6.81. The lowest BCUT2D eigenvalue weighted by molar-refractivity contribution is -0.285. The number of pyridine rings is 1. The van der Waals surface area contributed by atoms with Crippen molar-refractivity contribution >= 4 is 28.6 Å². The highest BCUT2D eigenvalue weighted by atomic mass is 19.4. The second-order valence-electron chi connectivity index (χ2n) is 7.90. The molecule has 1 amide bonds. The third-order valence-corrected chi connectivity index (χ3v) is 5.67. The van der Waals surface area contributed by atoms with E-state index >= 15 is 0 Å². The molecule has 3 aromatic rings. The van der Waals surface area contributed by atoms with Crippen molar-refractivity contribution in [2.45, 2.75) is 43.8 Å². The summed E-state index contributed by atoms with van der Waals surface area (Å²) >= 11 is 0. The number of carbonyl (C=O) groups is 1. The van der Waals surface area contributed by atoms with Gasteiger partial charge in [0.25, 0.3) is 0 Å². The Morgan fingerprint density at radius 3 is 2.62 bits per heavy atom. The Balaban J connectivity index is 1.54. The summed E-state index contributed by atoms with van der Waals surface area (Å²) in [5.41, 5.74) is 6.86. The number of nitrogen functional groups attached to an aromatic ring is 1. The van der Waals surface area contributed by atoms with Gasteiger partial charge in [-0.3, -0.25) is 4.79 Å². The molecule has 3 aromatic heterocycles. The number of nitrogens with zero attached hydrogens (tertiary/aromatic N) is 5. The van der Waals surface area contributed by atoms with Crippen LogP contribution in [0.1, 0.15) is 30.7 Å². The molecule has 0 saturated heterocycles. The molecule has 168 valence electrons. The van der Waals surface area contributed by atoms with Crippen molar-refractivity contribution in [1.29, 1.82) is 0 Å². The van der Waals surface area contributed by atoms with Crippen LogP contribution in [0.3, 0.4) is 0 Å². The van der Waals surface area contributed by atoms with Crippen molar-refractivity contribution in [2.75, 3.05) is 11.1 Å². The summed E-state index contributed by atoms with van der Waals surface area (Å²) in [5.74, 6) is -4.96. The van der Waals surface area contributed by atoms with Gasteiger partial charge in [-0.1, -0.05) is 0 Å². The zero-order valence-corrected chi connectivity index (χ0v) is 16.3. The van der Waals surface area contributed by atoms with E-state index in [9.17, 15) is 26.7 Å². The summed E-state index contributed by atoms with van der Waals surface area (Å²) in [6, 6.07) is 3.13. The lowest BCUT2D eigenvalue weighted by Gasteiger charge is -2.19. The molecule has 13 heteroatoms. The van der Waals surface area contributed by atoms with Crippen LogP contribution in [-0.4, -0.2) is 42.7 Å². The van der Waals surface area contributed by atoms with Crippen LogP contribution in [0.15, 0.2) is 18.3 Å². The molecule has 1 aliphatic carbocycles. The van der Waals surface area contributed by atoms with Crippen LogP contribution in [-0.2, 0) is 11.3 Å². The summed E-state index contributed by atoms with van der Waals surface area (Å²) in [5, 5.41) is 7.20. The number of amides is 1. The molecule has 1 aliphatic heterocycles. The Hall–Kier alpha value is -3.38. The number of anilines is 2. The molecule has 2 aliphatic rings. The molecule has 4 heterocycles. The van der Waals surface area contributed by atoms with Crippen LogP contribution in [0.4, 0.5) is 33.6 Å². The Morgan fingerprint density at radius 2 is 1.94 bits per heavy atom. The molecule has 1 atom stereocenters. The number of rotatable bonds is 5. The quantitative estimate of drug-likeness (QED) is 0.572. The van der Waals surface area contributed by atoms with Gasteiger partial charge in [0.15, 0.2) is 11.5 Å². The minimum Gasteiger partial charge on any atom is -0.383 e. The van der Waals surface area contributed by atoms with E-state index in [1.165, 1.54) is 6.20 Å². The Labute approximate surface area is 177 Å². The van der Waals surface area contributed by atoms with Gasteiger partial charge in [-0.15, -0.1) is 0 Å². The fraction of sp³-hybridized carbons (Fsp3) is 0.421. The third-order valence-electron chi connectivity index (χ3n) is 5.67. The number of carbonyl (C=O) groups excluding carboxylic acids is 1. The molecular weight excluding hydrogens is 437 g/mol. The van der Waals surface area contributed by atoms with Crippen LogP contribution in [0.25, 0.3) is 22.6 Å². The number of alkyl halides is 5. The van der Waals surface area contributed by atoms with E-state index in [1.54, 1.807) is 12.1 Å². The molecule has 0 radical (unpaired) electrons. The van der Waals surface area contributed by atoms with Gasteiger partial charge in [-0.05, 0) is 30.9 Å². The zero-order chi connectivity index (χ0) is 22.8. The minimum atomic E-state index is -5.67. The van der Waals surface area contributed by atoms with Gasteiger partial charge in [-0.2, -0.15) is 27.1 Å². The van der Waals surface area contributed by atoms with E-state index in [2.05, 4.69) is 25.4 Å². The first-order valence-corrected chi connectivity index (χ1v) is 9.81. The number of aryl methyl sites for hydroxylation is 1. The van der Waals surface area contributed by atoms with Crippen LogP contribution in [0.2, 0.25) is 0 Å². The maximum atomic E-state index is 13.4. The van der Waals surface area contributed by atoms with Crippen LogP contribution >= 0.6 is 0 Å². The van der Waals surface area contributed by atoms with Gasteiger partial charge in [0.1, 0.15) is 17.3 Å². The fourth-order valence-electron chi connectivity index (χ4n) is 3.92. The average Bonchev–Trinajstić information content (AvgIpc) is 3.39. The first-order valence-electron chi connectivity index (χ1n) is 9.81. The van der Waals surface area contributed by atoms with Crippen molar-refractivity contribution in [3.63, 3.8) is 0 Å². The normalized spacial score (nSPS) is 18.8. The molecular formula is C19H16F5N7O. The number of hydrogen-bond donors (Lipinski definition) is 2. The number of nitrogens with two attached hydrogens (primary N) is 1. The van der Waals surface area contributed by atoms with Crippen molar-refractivity contribution < 1.29 is 26.7 Å². The molecule has 32 heavy (non-hydrogen) atoms. The van der Waals surface area contributed by atoms with Gasteiger partial charge < -0.3 is 11.1 Å². The largest absolute Gasteiger partial charge is 0.453 e. The van der Waals surface area contributed by atoms with E-state index in [-0.39, 0.29) is 40.6 Å². The lowest BCUT2D eigenvalue weighted by atomic mass is 9.97. The topological polar surface area (TPSA) is 112 Å². The summed E-state index contributed by atoms with van der Waals surface area (Å²) in [4.78, 5) is 25.0. The average molecular weight is 453 g/mol. The van der Waals surface area contributed by atoms with Crippen LogP contribution in [0, 0.1) is 5.92 Å². The molecule has 5 rings (SSSR count). The predicted octanol–water partition coefficient (Wildman–Crippen LogP) is 3.50. The molecule has 1 saturated carbocycles. The van der Waals surface area contributed by atoms with Crippen molar-refractivity contribution in [2.24, 2.45) is 5.92 Å². The maximum absolute atomic E-state index is 13.4. The van der Waals surface area contributed by atoms with Crippen molar-refractivity contribution in [1.82, 2.24) is 24.7 Å². The summed E-state index contributed by atoms with van der Waals surface area (Å²) < 4.78 is 65.5. The van der Waals surface area contributed by atoms with Gasteiger partial charge in [0, 0.05) is 24.7 Å². The van der Waals surface area contributed by atoms with E-state index in [0.29, 0.717) is 10.9 Å². The Bertz CT molecular complexity index is 1230. The summed E-state index contributed by atoms with van der Waals surface area (Å²) in [7, 11) is 0. The van der Waals surface area contributed by atoms with E-state index in [1.807, 2.05) is 0 Å².